The fraction of sp³-hybridized carbons (Fsp3) is 0.304. The van der Waals surface area contributed by atoms with Gasteiger partial charge in [0.25, 0.3) is 5.91 Å². The van der Waals surface area contributed by atoms with E-state index in [-0.39, 0.29) is 11.8 Å². The lowest BCUT2D eigenvalue weighted by Gasteiger charge is -2.46. The van der Waals surface area contributed by atoms with Crippen molar-refractivity contribution in [1.29, 1.82) is 0 Å². The lowest BCUT2D eigenvalue weighted by atomic mass is 9.90. The van der Waals surface area contributed by atoms with Crippen molar-refractivity contribution in [3.05, 3.63) is 83.9 Å². The first kappa shape index (κ1) is 19.1. The molecule has 0 aromatic heterocycles. The highest BCUT2D eigenvalue weighted by molar-refractivity contribution is 6.07. The lowest BCUT2D eigenvalue weighted by Crippen LogP contribution is -2.65. The van der Waals surface area contributed by atoms with Gasteiger partial charge in [-0.25, -0.2) is 0 Å². The van der Waals surface area contributed by atoms with Crippen LogP contribution in [0.4, 0.5) is 0 Å². The highest BCUT2D eigenvalue weighted by atomic mass is 16.2. The number of imide groups is 1. The van der Waals surface area contributed by atoms with Crippen LogP contribution >= 0.6 is 0 Å². The molecule has 4 nitrogen and oxygen atoms in total. The van der Waals surface area contributed by atoms with Crippen LogP contribution < -0.4 is 0 Å². The third-order valence-electron chi connectivity index (χ3n) is 5.30. The molecule has 0 spiro atoms. The number of rotatable bonds is 5. The van der Waals surface area contributed by atoms with E-state index in [0.717, 1.165) is 11.1 Å². The van der Waals surface area contributed by atoms with Gasteiger partial charge in [0.15, 0.2) is 0 Å². The number of aryl methyl sites for hydroxylation is 1. The van der Waals surface area contributed by atoms with Crippen molar-refractivity contribution >= 4 is 11.8 Å². The van der Waals surface area contributed by atoms with Gasteiger partial charge in [0, 0.05) is 25.2 Å². The zero-order chi connectivity index (χ0) is 19.4. The van der Waals surface area contributed by atoms with E-state index >= 15 is 0 Å². The molecule has 0 unspecified atom stereocenters. The van der Waals surface area contributed by atoms with Gasteiger partial charge in [0.2, 0.25) is 5.91 Å². The van der Waals surface area contributed by atoms with E-state index < -0.39 is 5.54 Å². The molecule has 27 heavy (non-hydrogen) atoms. The maximum atomic E-state index is 13.3. The highest BCUT2D eigenvalue weighted by Crippen LogP contribution is 2.29. The lowest BCUT2D eigenvalue weighted by molar-refractivity contribution is -0.147. The number of amides is 2. The molecule has 1 aliphatic heterocycles. The summed E-state index contributed by atoms with van der Waals surface area (Å²) in [5.41, 5.74) is 2.00. The van der Waals surface area contributed by atoms with Gasteiger partial charge >= 0.3 is 0 Å². The van der Waals surface area contributed by atoms with Crippen LogP contribution in [0.15, 0.2) is 67.3 Å². The largest absolute Gasteiger partial charge is 0.283 e. The molecule has 0 aliphatic carbocycles. The van der Waals surface area contributed by atoms with E-state index in [1.54, 1.807) is 18.2 Å². The van der Waals surface area contributed by atoms with E-state index in [4.69, 9.17) is 0 Å². The van der Waals surface area contributed by atoms with Gasteiger partial charge in [-0.15, -0.1) is 6.58 Å². The minimum absolute atomic E-state index is 0.157. The van der Waals surface area contributed by atoms with Gasteiger partial charge < -0.3 is 0 Å². The van der Waals surface area contributed by atoms with Gasteiger partial charge in [0.05, 0.1) is 0 Å². The van der Waals surface area contributed by atoms with Crippen molar-refractivity contribution in [3.8, 4) is 0 Å². The van der Waals surface area contributed by atoms with E-state index in [2.05, 4.69) is 23.6 Å². The van der Waals surface area contributed by atoms with Crippen molar-refractivity contribution < 1.29 is 9.59 Å². The van der Waals surface area contributed by atoms with Gasteiger partial charge in [-0.2, -0.15) is 0 Å². The Hall–Kier alpha value is -2.72. The molecule has 2 aromatic carbocycles. The maximum absolute atomic E-state index is 13.3. The molecule has 2 amide bonds. The van der Waals surface area contributed by atoms with Crippen LogP contribution in [0.3, 0.4) is 0 Å². The molecule has 140 valence electrons. The van der Waals surface area contributed by atoms with Crippen molar-refractivity contribution in [2.75, 3.05) is 13.1 Å². The third kappa shape index (κ3) is 3.86. The van der Waals surface area contributed by atoms with Crippen molar-refractivity contribution in [2.45, 2.75) is 32.4 Å². The molecule has 0 radical (unpaired) electrons. The summed E-state index contributed by atoms with van der Waals surface area (Å²) in [5, 5.41) is 0. The topological polar surface area (TPSA) is 40.6 Å². The summed E-state index contributed by atoms with van der Waals surface area (Å²) in [5.74, 6) is -0.384. The summed E-state index contributed by atoms with van der Waals surface area (Å²) in [7, 11) is 0. The Bertz CT molecular complexity index is 829. The number of nitrogens with zero attached hydrogens (tertiary/aromatic N) is 2. The SMILES string of the molecule is C=CC[C@@]1(C)C(=O)N(C(=O)c2ccc(C)cc2)CCN1Cc1ccccc1. The minimum Gasteiger partial charge on any atom is -0.283 e. The summed E-state index contributed by atoms with van der Waals surface area (Å²) < 4.78 is 0. The Kier molecular flexibility index (Phi) is 5.57. The molecular weight excluding hydrogens is 336 g/mol. The van der Waals surface area contributed by atoms with E-state index in [9.17, 15) is 9.59 Å². The molecule has 1 fully saturated rings. The number of carbonyl (C=O) groups is 2. The molecule has 1 aliphatic rings. The first-order valence-corrected chi connectivity index (χ1v) is 9.28. The molecule has 1 atom stereocenters. The van der Waals surface area contributed by atoms with Crippen LogP contribution in [-0.2, 0) is 11.3 Å². The molecule has 1 saturated heterocycles. The van der Waals surface area contributed by atoms with E-state index in [1.165, 1.54) is 4.90 Å². The van der Waals surface area contributed by atoms with Crippen LogP contribution in [0.1, 0.15) is 34.8 Å². The third-order valence-corrected chi connectivity index (χ3v) is 5.30. The zero-order valence-corrected chi connectivity index (χ0v) is 16.0. The number of piperazine rings is 1. The predicted molar refractivity (Wildman–Crippen MR) is 107 cm³/mol. The molecular formula is C23H26N2O2. The number of carbonyl (C=O) groups excluding carboxylic acids is 2. The Morgan fingerprint density at radius 1 is 1.11 bits per heavy atom. The average Bonchev–Trinajstić information content (AvgIpc) is 2.67. The zero-order valence-electron chi connectivity index (χ0n) is 16.0. The summed E-state index contributed by atoms with van der Waals surface area (Å²) in [6.45, 7) is 9.42. The molecule has 0 bridgehead atoms. The van der Waals surface area contributed by atoms with Crippen molar-refractivity contribution in [2.24, 2.45) is 0 Å². The Balaban J connectivity index is 1.85. The fourth-order valence-corrected chi connectivity index (χ4v) is 3.60. The second kappa shape index (κ2) is 7.89. The highest BCUT2D eigenvalue weighted by Gasteiger charge is 2.46. The molecule has 4 heteroatoms. The van der Waals surface area contributed by atoms with Crippen LogP contribution in [0, 0.1) is 6.92 Å². The number of benzene rings is 2. The average molecular weight is 362 g/mol. The Morgan fingerprint density at radius 3 is 2.41 bits per heavy atom. The molecule has 0 N–H and O–H groups in total. The van der Waals surface area contributed by atoms with Crippen LogP contribution in [0.25, 0.3) is 0 Å². The number of hydrogen-bond donors (Lipinski definition) is 0. The van der Waals surface area contributed by atoms with Crippen molar-refractivity contribution in [1.82, 2.24) is 9.80 Å². The minimum atomic E-state index is -0.782. The van der Waals surface area contributed by atoms with Gasteiger partial charge in [-0.05, 0) is 38.0 Å². The summed E-state index contributed by atoms with van der Waals surface area (Å²) in [6.07, 6.45) is 2.26. The summed E-state index contributed by atoms with van der Waals surface area (Å²) >= 11 is 0. The standard InChI is InChI=1S/C23H26N2O2/c1-4-14-23(3)22(27)25(21(26)20-12-10-18(2)11-13-20)16-15-24(23)17-19-8-6-5-7-9-19/h4-13H,1,14-17H2,2-3H3/t23-/m0/s1. The first-order valence-electron chi connectivity index (χ1n) is 9.28. The first-order chi connectivity index (χ1) is 13.0. The van der Waals surface area contributed by atoms with E-state index in [1.807, 2.05) is 44.2 Å². The molecule has 3 rings (SSSR count). The van der Waals surface area contributed by atoms with Crippen LogP contribution in [-0.4, -0.2) is 40.2 Å². The summed E-state index contributed by atoms with van der Waals surface area (Å²) in [6, 6.07) is 17.5. The smallest absolute Gasteiger partial charge is 0.260 e. The Morgan fingerprint density at radius 2 is 1.78 bits per heavy atom. The summed E-state index contributed by atoms with van der Waals surface area (Å²) in [4.78, 5) is 29.8. The monoisotopic (exact) mass is 362 g/mol. The predicted octanol–water partition coefficient (Wildman–Crippen LogP) is 3.81. The fourth-order valence-electron chi connectivity index (χ4n) is 3.60. The molecule has 2 aromatic rings. The molecule has 0 saturated carbocycles. The number of hydrogen-bond acceptors (Lipinski definition) is 3. The van der Waals surface area contributed by atoms with Crippen LogP contribution in [0.2, 0.25) is 0 Å². The maximum Gasteiger partial charge on any atom is 0.260 e. The quantitative estimate of drug-likeness (QED) is 0.600. The normalized spacial score (nSPS) is 20.5. The Labute approximate surface area is 161 Å². The van der Waals surface area contributed by atoms with Gasteiger partial charge in [-0.3, -0.25) is 19.4 Å². The van der Waals surface area contributed by atoms with Gasteiger partial charge in [-0.1, -0.05) is 54.1 Å². The van der Waals surface area contributed by atoms with E-state index in [0.29, 0.717) is 31.6 Å². The van der Waals surface area contributed by atoms with Crippen molar-refractivity contribution in [3.63, 3.8) is 0 Å². The van der Waals surface area contributed by atoms with Gasteiger partial charge in [0.1, 0.15) is 5.54 Å². The van der Waals surface area contributed by atoms with Crippen LogP contribution in [0.5, 0.6) is 0 Å². The molecule has 1 heterocycles. The second-order valence-electron chi connectivity index (χ2n) is 7.30. The second-order valence-corrected chi connectivity index (χ2v) is 7.30.